The molecule has 1 amide bonds. The van der Waals surface area contributed by atoms with Crippen molar-refractivity contribution in [2.24, 2.45) is 5.92 Å². The van der Waals surface area contributed by atoms with Crippen LogP contribution in [0.15, 0.2) is 0 Å². The van der Waals surface area contributed by atoms with Gasteiger partial charge in [0.05, 0.1) is 0 Å². The van der Waals surface area contributed by atoms with Crippen molar-refractivity contribution in [2.75, 3.05) is 23.7 Å². The van der Waals surface area contributed by atoms with E-state index in [9.17, 15) is 4.79 Å². The van der Waals surface area contributed by atoms with Crippen molar-refractivity contribution in [3.05, 3.63) is 5.56 Å². The summed E-state index contributed by atoms with van der Waals surface area (Å²) >= 11 is 1.36. The van der Waals surface area contributed by atoms with Crippen molar-refractivity contribution >= 4 is 28.3 Å². The number of nitrogens with zero attached hydrogens (tertiary/aromatic N) is 2. The van der Waals surface area contributed by atoms with Crippen molar-refractivity contribution in [1.82, 2.24) is 9.69 Å². The number of nitrogens with one attached hydrogen (secondary N) is 1. The molecule has 0 radical (unpaired) electrons. The Morgan fingerprint density at radius 3 is 2.70 bits per heavy atom. The van der Waals surface area contributed by atoms with Crippen LogP contribution in [0.1, 0.15) is 49.4 Å². The Morgan fingerprint density at radius 1 is 1.40 bits per heavy atom. The maximum atomic E-state index is 12.3. The van der Waals surface area contributed by atoms with Crippen LogP contribution in [0.2, 0.25) is 0 Å². The fourth-order valence-corrected chi connectivity index (χ4v) is 3.61. The fraction of sp³-hybridized carbons (Fsp3) is 0.714. The lowest BCUT2D eigenvalue weighted by molar-refractivity contribution is 0.0952. The van der Waals surface area contributed by atoms with E-state index in [1.165, 1.54) is 30.8 Å². The third-order valence-corrected chi connectivity index (χ3v) is 5.24. The van der Waals surface area contributed by atoms with E-state index in [4.69, 9.17) is 5.73 Å². The highest BCUT2D eigenvalue weighted by molar-refractivity contribution is 7.11. The highest BCUT2D eigenvalue weighted by Gasteiger charge is 2.30. The lowest BCUT2D eigenvalue weighted by Gasteiger charge is -2.32. The number of nitrogens with two attached hydrogens (primary N) is 1. The molecule has 0 atom stereocenters. The summed E-state index contributed by atoms with van der Waals surface area (Å²) in [5.41, 5.74) is 6.50. The third-order valence-electron chi connectivity index (χ3n) is 4.32. The highest BCUT2D eigenvalue weighted by atomic mass is 32.1. The summed E-state index contributed by atoms with van der Waals surface area (Å²) in [4.78, 5) is 14.6. The first kappa shape index (κ1) is 13.7. The molecule has 110 valence electrons. The molecule has 0 unspecified atom stereocenters. The van der Waals surface area contributed by atoms with Crippen molar-refractivity contribution in [3.63, 3.8) is 0 Å². The average Bonchev–Trinajstić information content (AvgIpc) is 3.19. The summed E-state index contributed by atoms with van der Waals surface area (Å²) in [6, 6.07) is 0.348. The normalized spacial score (nSPS) is 20.1. The number of piperidine rings is 1. The van der Waals surface area contributed by atoms with E-state index < -0.39 is 0 Å². The summed E-state index contributed by atoms with van der Waals surface area (Å²) in [7, 11) is 0. The van der Waals surface area contributed by atoms with Gasteiger partial charge in [0.25, 0.3) is 5.91 Å². The fourth-order valence-electron chi connectivity index (χ4n) is 2.75. The molecule has 1 aromatic rings. The summed E-state index contributed by atoms with van der Waals surface area (Å²) in [6.07, 6.45) is 5.80. The molecule has 1 saturated heterocycles. The second kappa shape index (κ2) is 5.60. The molecular weight excluding hydrogens is 272 g/mol. The second-order valence-corrected chi connectivity index (χ2v) is 6.59. The van der Waals surface area contributed by atoms with Gasteiger partial charge in [0.2, 0.25) is 0 Å². The molecule has 2 heterocycles. The molecule has 2 aliphatic rings. The van der Waals surface area contributed by atoms with Crippen molar-refractivity contribution in [2.45, 2.75) is 45.1 Å². The summed E-state index contributed by atoms with van der Waals surface area (Å²) in [6.45, 7) is 4.26. The number of hydrogen-bond acceptors (Lipinski definition) is 5. The van der Waals surface area contributed by atoms with E-state index in [-0.39, 0.29) is 5.91 Å². The maximum absolute atomic E-state index is 12.3. The molecule has 1 aliphatic heterocycles. The minimum absolute atomic E-state index is 0.0497. The van der Waals surface area contributed by atoms with Gasteiger partial charge >= 0.3 is 0 Å². The van der Waals surface area contributed by atoms with Gasteiger partial charge in [-0.1, -0.05) is 13.3 Å². The second-order valence-electron chi connectivity index (χ2n) is 5.83. The maximum Gasteiger partial charge on any atom is 0.258 e. The van der Waals surface area contributed by atoms with Crippen molar-refractivity contribution in [3.8, 4) is 0 Å². The Labute approximate surface area is 123 Å². The molecule has 0 spiro atoms. The SMILES string of the molecule is CCC1CCN(c2snc(N)c2C(=O)NC2CC2)CC1. The number of aromatic nitrogens is 1. The standard InChI is InChI=1S/C14H22N4OS/c1-2-9-5-7-18(8-6-9)14-11(12(15)17-20-14)13(19)16-10-3-4-10/h9-10H,2-8H2,1H3,(H2,15,17)(H,16,19). The first-order chi connectivity index (χ1) is 9.69. The van der Waals surface area contributed by atoms with Crippen LogP contribution in [0.3, 0.4) is 0 Å². The van der Waals surface area contributed by atoms with Crippen LogP contribution in [0.5, 0.6) is 0 Å². The first-order valence-electron chi connectivity index (χ1n) is 7.50. The van der Waals surface area contributed by atoms with Gasteiger partial charge in [0, 0.05) is 19.1 Å². The van der Waals surface area contributed by atoms with Crippen molar-refractivity contribution < 1.29 is 4.79 Å². The smallest absolute Gasteiger partial charge is 0.258 e. The largest absolute Gasteiger partial charge is 0.382 e. The highest BCUT2D eigenvalue weighted by Crippen LogP contribution is 2.34. The van der Waals surface area contributed by atoms with Gasteiger partial charge in [-0.15, -0.1) is 0 Å². The van der Waals surface area contributed by atoms with Crippen molar-refractivity contribution in [1.29, 1.82) is 0 Å². The quantitative estimate of drug-likeness (QED) is 0.893. The topological polar surface area (TPSA) is 71.2 Å². The van der Waals surface area contributed by atoms with E-state index in [1.54, 1.807) is 0 Å². The minimum atomic E-state index is -0.0497. The molecule has 1 aliphatic carbocycles. The molecule has 1 saturated carbocycles. The lowest BCUT2D eigenvalue weighted by Crippen LogP contribution is -2.35. The predicted octanol–water partition coefficient (Wildman–Crippen LogP) is 2.24. The van der Waals surface area contributed by atoms with Crippen LogP contribution in [0.4, 0.5) is 10.8 Å². The molecule has 20 heavy (non-hydrogen) atoms. The van der Waals surface area contributed by atoms with E-state index >= 15 is 0 Å². The molecule has 3 N–H and O–H groups in total. The van der Waals surface area contributed by atoms with Gasteiger partial charge in [0.15, 0.2) is 5.82 Å². The van der Waals surface area contributed by atoms with Gasteiger partial charge in [-0.3, -0.25) is 4.79 Å². The Balaban J connectivity index is 1.74. The number of nitrogen functional groups attached to an aromatic ring is 1. The Morgan fingerprint density at radius 2 is 2.10 bits per heavy atom. The lowest BCUT2D eigenvalue weighted by atomic mass is 9.94. The van der Waals surface area contributed by atoms with Crippen LogP contribution in [0, 0.1) is 5.92 Å². The minimum Gasteiger partial charge on any atom is -0.382 e. The van der Waals surface area contributed by atoms with Gasteiger partial charge < -0.3 is 16.0 Å². The van der Waals surface area contributed by atoms with Crippen LogP contribution < -0.4 is 16.0 Å². The summed E-state index contributed by atoms with van der Waals surface area (Å²) in [5, 5.41) is 3.97. The number of anilines is 2. The molecule has 5 nitrogen and oxygen atoms in total. The number of rotatable bonds is 4. The predicted molar refractivity (Wildman–Crippen MR) is 82.2 cm³/mol. The molecule has 6 heteroatoms. The van der Waals surface area contributed by atoms with E-state index in [0.29, 0.717) is 17.4 Å². The third kappa shape index (κ3) is 2.75. The number of hydrogen-bond donors (Lipinski definition) is 2. The molecule has 0 bridgehead atoms. The zero-order chi connectivity index (χ0) is 14.1. The van der Waals surface area contributed by atoms with Gasteiger partial charge in [-0.25, -0.2) is 0 Å². The Bertz CT molecular complexity index is 489. The van der Waals surface area contributed by atoms with Crippen LogP contribution in [-0.4, -0.2) is 29.4 Å². The number of amides is 1. The van der Waals surface area contributed by atoms with Gasteiger partial charge in [-0.05, 0) is 43.1 Å². The molecule has 3 rings (SSSR count). The Kier molecular flexibility index (Phi) is 3.83. The molecule has 1 aromatic heterocycles. The van der Waals surface area contributed by atoms with E-state index in [2.05, 4.69) is 21.5 Å². The first-order valence-corrected chi connectivity index (χ1v) is 8.27. The molecular formula is C14H22N4OS. The number of carbonyl (C=O) groups is 1. The summed E-state index contributed by atoms with van der Waals surface area (Å²) < 4.78 is 4.20. The van der Waals surface area contributed by atoms with Gasteiger partial charge in [0.1, 0.15) is 10.6 Å². The molecule has 2 fully saturated rings. The number of carbonyl (C=O) groups excluding carboxylic acids is 1. The van der Waals surface area contributed by atoms with E-state index in [1.807, 2.05) is 0 Å². The zero-order valence-corrected chi connectivity index (χ0v) is 12.7. The van der Waals surface area contributed by atoms with Crippen LogP contribution >= 0.6 is 11.5 Å². The summed E-state index contributed by atoms with van der Waals surface area (Å²) in [5.74, 6) is 1.15. The Hall–Kier alpha value is -1.30. The molecule has 0 aromatic carbocycles. The van der Waals surface area contributed by atoms with Crippen LogP contribution in [0.25, 0.3) is 0 Å². The van der Waals surface area contributed by atoms with E-state index in [0.717, 1.165) is 36.9 Å². The zero-order valence-electron chi connectivity index (χ0n) is 11.9. The van der Waals surface area contributed by atoms with Gasteiger partial charge in [-0.2, -0.15) is 4.37 Å². The van der Waals surface area contributed by atoms with Crippen LogP contribution in [-0.2, 0) is 0 Å². The average molecular weight is 294 g/mol. The monoisotopic (exact) mass is 294 g/mol.